The number of rotatable bonds is 2. The number of hydrogen-bond donors (Lipinski definition) is 1. The number of carbonyl (C=O) groups is 1. The molecule has 0 radical (unpaired) electrons. The second kappa shape index (κ2) is 4.87. The van der Waals surface area contributed by atoms with Gasteiger partial charge in [0.15, 0.2) is 0 Å². The van der Waals surface area contributed by atoms with E-state index in [-0.39, 0.29) is 17.6 Å². The maximum absolute atomic E-state index is 12.0. The van der Waals surface area contributed by atoms with Crippen LogP contribution in [0.2, 0.25) is 0 Å². The van der Waals surface area contributed by atoms with Crippen molar-refractivity contribution in [2.45, 2.75) is 12.8 Å². The van der Waals surface area contributed by atoms with Crippen molar-refractivity contribution in [2.24, 2.45) is 25.7 Å². The minimum Gasteiger partial charge on any atom is -0.369 e. The van der Waals surface area contributed by atoms with E-state index in [9.17, 15) is 14.4 Å². The minimum absolute atomic E-state index is 0.190. The van der Waals surface area contributed by atoms with Crippen LogP contribution in [0.15, 0.2) is 9.59 Å². The number of hydrogen-bond acceptors (Lipinski definition) is 5. The van der Waals surface area contributed by atoms with Gasteiger partial charge in [-0.1, -0.05) is 0 Å². The molecule has 104 valence electrons. The molecule has 0 aliphatic carbocycles. The lowest BCUT2D eigenvalue weighted by atomic mass is 9.98. The van der Waals surface area contributed by atoms with Crippen LogP contribution in [0.1, 0.15) is 12.8 Å². The van der Waals surface area contributed by atoms with Crippen LogP contribution in [0.3, 0.4) is 0 Å². The molecule has 1 aromatic heterocycles. The lowest BCUT2D eigenvalue weighted by molar-refractivity contribution is -0.122. The zero-order chi connectivity index (χ0) is 14.2. The van der Waals surface area contributed by atoms with E-state index >= 15 is 0 Å². The summed E-state index contributed by atoms with van der Waals surface area (Å²) < 4.78 is 2.13. The fraction of sp³-hybridized carbons (Fsp3) is 0.636. The summed E-state index contributed by atoms with van der Waals surface area (Å²) in [6.45, 7) is 1.00. The van der Waals surface area contributed by atoms with E-state index in [2.05, 4.69) is 5.10 Å². The summed E-state index contributed by atoms with van der Waals surface area (Å²) in [6.07, 6.45) is 1.49. The summed E-state index contributed by atoms with van der Waals surface area (Å²) in [4.78, 5) is 36.6. The molecule has 8 heteroatoms. The summed E-state index contributed by atoms with van der Waals surface area (Å²) in [6, 6.07) is 0. The van der Waals surface area contributed by atoms with Crippen LogP contribution >= 0.6 is 0 Å². The van der Waals surface area contributed by atoms with Gasteiger partial charge in [0.2, 0.25) is 11.7 Å². The number of anilines is 1. The summed E-state index contributed by atoms with van der Waals surface area (Å²) in [5.41, 5.74) is 4.38. The molecule has 2 N–H and O–H groups in total. The Balaban J connectivity index is 2.40. The fourth-order valence-electron chi connectivity index (χ4n) is 2.28. The van der Waals surface area contributed by atoms with E-state index in [1.165, 1.54) is 14.1 Å². The number of amides is 1. The number of primary amides is 1. The molecule has 2 heterocycles. The molecule has 1 unspecified atom stereocenters. The predicted molar refractivity (Wildman–Crippen MR) is 68.9 cm³/mol. The van der Waals surface area contributed by atoms with E-state index in [4.69, 9.17) is 5.73 Å². The maximum atomic E-state index is 12.0. The monoisotopic (exact) mass is 267 g/mol. The molecule has 1 atom stereocenters. The van der Waals surface area contributed by atoms with Crippen LogP contribution in [0.4, 0.5) is 5.82 Å². The predicted octanol–water partition coefficient (Wildman–Crippen LogP) is -1.82. The topological polar surface area (TPSA) is 103 Å². The Kier molecular flexibility index (Phi) is 3.41. The Morgan fingerprint density at radius 1 is 1.37 bits per heavy atom. The van der Waals surface area contributed by atoms with Crippen LogP contribution in [0, 0.1) is 5.92 Å². The first kappa shape index (κ1) is 13.3. The van der Waals surface area contributed by atoms with Crippen molar-refractivity contribution in [2.75, 3.05) is 18.0 Å². The van der Waals surface area contributed by atoms with Gasteiger partial charge in [-0.15, -0.1) is 5.10 Å². The first-order chi connectivity index (χ1) is 8.91. The summed E-state index contributed by atoms with van der Waals surface area (Å²) >= 11 is 0. The number of nitrogens with zero attached hydrogens (tertiary/aromatic N) is 4. The van der Waals surface area contributed by atoms with E-state index in [0.717, 1.165) is 22.1 Å². The average molecular weight is 267 g/mol. The van der Waals surface area contributed by atoms with Crippen molar-refractivity contribution < 1.29 is 4.79 Å². The van der Waals surface area contributed by atoms with Crippen molar-refractivity contribution in [1.82, 2.24) is 14.3 Å². The first-order valence-electron chi connectivity index (χ1n) is 6.10. The molecule has 1 saturated heterocycles. The normalized spacial score (nSPS) is 19.5. The molecule has 2 rings (SSSR count). The Morgan fingerprint density at radius 3 is 2.68 bits per heavy atom. The van der Waals surface area contributed by atoms with Gasteiger partial charge < -0.3 is 10.6 Å². The van der Waals surface area contributed by atoms with Crippen molar-refractivity contribution >= 4 is 11.7 Å². The number of nitrogens with two attached hydrogens (primary N) is 1. The van der Waals surface area contributed by atoms with Gasteiger partial charge in [-0.2, -0.15) is 0 Å². The fourth-order valence-corrected chi connectivity index (χ4v) is 2.28. The number of piperidine rings is 1. The molecule has 8 nitrogen and oxygen atoms in total. The summed E-state index contributed by atoms with van der Waals surface area (Å²) in [5, 5.41) is 4.00. The van der Waals surface area contributed by atoms with Crippen molar-refractivity contribution in [3.63, 3.8) is 0 Å². The summed E-state index contributed by atoms with van der Waals surface area (Å²) in [5.74, 6) is -0.459. The third kappa shape index (κ3) is 2.38. The lowest BCUT2D eigenvalue weighted by Crippen LogP contribution is -2.47. The van der Waals surface area contributed by atoms with E-state index in [0.29, 0.717) is 13.1 Å². The number of aryl methyl sites for hydroxylation is 1. The van der Waals surface area contributed by atoms with Crippen molar-refractivity contribution in [3.05, 3.63) is 20.8 Å². The highest BCUT2D eigenvalue weighted by atomic mass is 16.2. The molecule has 1 fully saturated rings. The highest BCUT2D eigenvalue weighted by molar-refractivity contribution is 5.77. The zero-order valence-electron chi connectivity index (χ0n) is 11.0. The van der Waals surface area contributed by atoms with Gasteiger partial charge in [0.25, 0.3) is 5.56 Å². The van der Waals surface area contributed by atoms with Crippen molar-refractivity contribution in [3.8, 4) is 0 Å². The van der Waals surface area contributed by atoms with Crippen molar-refractivity contribution in [1.29, 1.82) is 0 Å². The third-order valence-electron chi connectivity index (χ3n) is 3.43. The van der Waals surface area contributed by atoms with E-state index < -0.39 is 11.2 Å². The van der Waals surface area contributed by atoms with Crippen LogP contribution in [-0.4, -0.2) is 33.3 Å². The molecule has 0 spiro atoms. The van der Waals surface area contributed by atoms with Gasteiger partial charge >= 0.3 is 5.69 Å². The van der Waals surface area contributed by atoms with Crippen LogP contribution in [-0.2, 0) is 18.9 Å². The molecule has 0 saturated carbocycles. The second-order valence-corrected chi connectivity index (χ2v) is 4.78. The van der Waals surface area contributed by atoms with E-state index in [1.807, 2.05) is 0 Å². The van der Waals surface area contributed by atoms with Crippen LogP contribution in [0.5, 0.6) is 0 Å². The van der Waals surface area contributed by atoms with Gasteiger partial charge in [-0.25, -0.2) is 9.48 Å². The van der Waals surface area contributed by atoms with Gasteiger partial charge in [0.05, 0.1) is 5.92 Å². The molecule has 19 heavy (non-hydrogen) atoms. The molecular weight excluding hydrogens is 250 g/mol. The average Bonchev–Trinajstić information content (AvgIpc) is 2.40. The lowest BCUT2D eigenvalue weighted by Gasteiger charge is -2.31. The number of carbonyl (C=O) groups excluding carboxylic acids is 1. The molecule has 1 aliphatic rings. The molecule has 0 bridgehead atoms. The first-order valence-corrected chi connectivity index (χ1v) is 6.10. The zero-order valence-corrected chi connectivity index (χ0v) is 11.0. The molecule has 0 aromatic carbocycles. The second-order valence-electron chi connectivity index (χ2n) is 4.78. The highest BCUT2D eigenvalue weighted by Crippen LogP contribution is 2.18. The summed E-state index contributed by atoms with van der Waals surface area (Å²) in [7, 11) is 2.89. The standard InChI is InChI=1S/C11H17N5O3/c1-14-10(18)9(13-15(2)11(14)19)16-5-3-4-7(6-16)8(12)17/h7H,3-6H2,1-2H3,(H2,12,17). The molecular formula is C11H17N5O3. The maximum Gasteiger partial charge on any atom is 0.346 e. The molecule has 1 aliphatic heterocycles. The largest absolute Gasteiger partial charge is 0.369 e. The van der Waals surface area contributed by atoms with Gasteiger partial charge in [0.1, 0.15) is 0 Å². The number of aromatic nitrogens is 3. The molecule has 1 aromatic rings. The Hall–Kier alpha value is -2.12. The minimum atomic E-state index is -0.475. The van der Waals surface area contributed by atoms with E-state index in [1.54, 1.807) is 4.90 Å². The van der Waals surface area contributed by atoms with Gasteiger partial charge in [-0.05, 0) is 12.8 Å². The quantitative estimate of drug-likeness (QED) is 0.679. The smallest absolute Gasteiger partial charge is 0.346 e. The highest BCUT2D eigenvalue weighted by Gasteiger charge is 2.27. The van der Waals surface area contributed by atoms with Gasteiger partial charge in [-0.3, -0.25) is 14.2 Å². The SMILES string of the molecule is Cn1nc(N2CCCC(C(N)=O)C2)c(=O)n(C)c1=O. The Bertz CT molecular complexity index is 618. The Labute approximate surface area is 109 Å². The molecule has 1 amide bonds. The van der Waals surface area contributed by atoms with Gasteiger partial charge in [0, 0.05) is 27.2 Å². The van der Waals surface area contributed by atoms with Crippen LogP contribution < -0.4 is 21.9 Å². The third-order valence-corrected chi connectivity index (χ3v) is 3.43. The van der Waals surface area contributed by atoms with Crippen LogP contribution in [0.25, 0.3) is 0 Å². The Morgan fingerprint density at radius 2 is 2.05 bits per heavy atom.